The number of phenolic OH excluding ortho intramolecular Hbond substituents is 1. The highest BCUT2D eigenvalue weighted by Gasteiger charge is 2.07. The number of hydrazone groups is 1. The van der Waals surface area contributed by atoms with E-state index in [0.717, 1.165) is 27.7 Å². The number of hydrogen-bond donors (Lipinski definition) is 2. The third-order valence-corrected chi connectivity index (χ3v) is 4.90. The van der Waals surface area contributed by atoms with Gasteiger partial charge in [0.1, 0.15) is 11.5 Å². The van der Waals surface area contributed by atoms with Gasteiger partial charge in [0.25, 0.3) is 5.91 Å². The molecule has 0 radical (unpaired) electrons. The zero-order valence-corrected chi connectivity index (χ0v) is 18.2. The minimum Gasteiger partial charge on any atom is -0.507 e. The lowest BCUT2D eigenvalue weighted by Crippen LogP contribution is -2.24. The van der Waals surface area contributed by atoms with Gasteiger partial charge in [0.15, 0.2) is 6.61 Å². The summed E-state index contributed by atoms with van der Waals surface area (Å²) in [6.45, 7) is 5.65. The summed E-state index contributed by atoms with van der Waals surface area (Å²) in [5.41, 5.74) is 3.83. The molecule has 8 heteroatoms. The molecule has 144 valence electrons. The average molecular weight is 499 g/mol. The predicted molar refractivity (Wildman–Crippen MR) is 115 cm³/mol. The lowest BCUT2D eigenvalue weighted by atomic mass is 10.2. The Morgan fingerprint density at radius 3 is 2.59 bits per heavy atom. The van der Waals surface area contributed by atoms with Gasteiger partial charge in [-0.3, -0.25) is 4.79 Å². The molecule has 0 aliphatic carbocycles. The van der Waals surface area contributed by atoms with Crippen molar-refractivity contribution in [3.63, 3.8) is 0 Å². The molecular formula is C19H21Br2N3O3. The third-order valence-electron chi connectivity index (χ3n) is 3.79. The third kappa shape index (κ3) is 6.25. The number of hydrogen-bond acceptors (Lipinski definition) is 5. The summed E-state index contributed by atoms with van der Waals surface area (Å²) in [4.78, 5) is 14.0. The molecule has 0 aliphatic rings. The van der Waals surface area contributed by atoms with E-state index in [1.54, 1.807) is 18.2 Å². The van der Waals surface area contributed by atoms with Crippen molar-refractivity contribution in [1.82, 2.24) is 5.43 Å². The summed E-state index contributed by atoms with van der Waals surface area (Å²) in [7, 11) is 0. The number of rotatable bonds is 8. The second-order valence-electron chi connectivity index (χ2n) is 5.57. The van der Waals surface area contributed by atoms with Crippen molar-refractivity contribution in [2.75, 3.05) is 24.6 Å². The lowest BCUT2D eigenvalue weighted by Gasteiger charge is -2.21. The van der Waals surface area contributed by atoms with Crippen LogP contribution in [0.3, 0.4) is 0 Å². The molecular weight excluding hydrogens is 478 g/mol. The molecule has 27 heavy (non-hydrogen) atoms. The minimum absolute atomic E-state index is 0.104. The smallest absolute Gasteiger partial charge is 0.277 e. The van der Waals surface area contributed by atoms with Crippen molar-refractivity contribution >= 4 is 49.7 Å². The fourth-order valence-electron chi connectivity index (χ4n) is 2.37. The van der Waals surface area contributed by atoms with Crippen LogP contribution in [0.1, 0.15) is 19.4 Å². The van der Waals surface area contributed by atoms with Crippen LogP contribution in [0, 0.1) is 0 Å². The fourth-order valence-corrected chi connectivity index (χ4v) is 3.53. The van der Waals surface area contributed by atoms with E-state index in [9.17, 15) is 9.90 Å². The number of nitrogens with zero attached hydrogens (tertiary/aromatic N) is 2. The van der Waals surface area contributed by atoms with Crippen LogP contribution in [0.5, 0.6) is 11.5 Å². The Labute approximate surface area is 175 Å². The zero-order chi connectivity index (χ0) is 19.8. The van der Waals surface area contributed by atoms with Crippen LogP contribution < -0.4 is 15.1 Å². The topological polar surface area (TPSA) is 74.2 Å². The minimum atomic E-state index is -0.402. The van der Waals surface area contributed by atoms with Gasteiger partial charge in [-0.25, -0.2) is 5.43 Å². The monoisotopic (exact) mass is 497 g/mol. The van der Waals surface area contributed by atoms with E-state index in [-0.39, 0.29) is 12.4 Å². The molecule has 0 bridgehead atoms. The van der Waals surface area contributed by atoms with Gasteiger partial charge in [-0.15, -0.1) is 0 Å². The Morgan fingerprint density at radius 2 is 1.96 bits per heavy atom. The Bertz CT molecular complexity index is 824. The van der Waals surface area contributed by atoms with Crippen molar-refractivity contribution in [2.45, 2.75) is 13.8 Å². The molecule has 0 atom stereocenters. The molecule has 2 N–H and O–H groups in total. The quantitative estimate of drug-likeness (QED) is 0.420. The number of nitrogens with one attached hydrogen (secondary N) is 1. The van der Waals surface area contributed by atoms with Crippen LogP contribution in [0.15, 0.2) is 50.4 Å². The fraction of sp³-hybridized carbons (Fsp3) is 0.263. The van der Waals surface area contributed by atoms with E-state index >= 15 is 0 Å². The highest BCUT2D eigenvalue weighted by atomic mass is 79.9. The molecule has 0 unspecified atom stereocenters. The second kappa shape index (κ2) is 10.3. The number of benzene rings is 2. The maximum Gasteiger partial charge on any atom is 0.277 e. The molecule has 0 saturated carbocycles. The molecule has 2 rings (SSSR count). The molecule has 0 aromatic heterocycles. The molecule has 0 saturated heterocycles. The number of ether oxygens (including phenoxy) is 1. The Balaban J connectivity index is 1.90. The number of carbonyl (C=O) groups excluding carboxylic acids is 1. The summed E-state index contributed by atoms with van der Waals surface area (Å²) in [5.74, 6) is 0.259. The summed E-state index contributed by atoms with van der Waals surface area (Å²) in [6.07, 6.45) is 1.40. The Morgan fingerprint density at radius 1 is 1.22 bits per heavy atom. The second-order valence-corrected chi connectivity index (χ2v) is 7.34. The molecule has 6 nitrogen and oxygen atoms in total. The molecule has 2 aromatic carbocycles. The highest BCUT2D eigenvalue weighted by Crippen LogP contribution is 2.28. The van der Waals surface area contributed by atoms with Crippen molar-refractivity contribution in [3.8, 4) is 11.5 Å². The maximum atomic E-state index is 11.8. The van der Waals surface area contributed by atoms with Crippen LogP contribution in [0.25, 0.3) is 0 Å². The first-order valence-corrected chi connectivity index (χ1v) is 10.0. The van der Waals surface area contributed by atoms with Gasteiger partial charge in [0.2, 0.25) is 0 Å². The van der Waals surface area contributed by atoms with E-state index in [1.807, 2.05) is 18.2 Å². The van der Waals surface area contributed by atoms with E-state index < -0.39 is 5.91 Å². The standard InChI is InChI=1S/C19H21Br2N3O3/c1-3-24(4-2)15-7-5-13(17(25)10-15)11-22-23-19(26)12-27-18-8-6-14(20)9-16(18)21/h5-11,25H,3-4,12H2,1-2H3,(H,23,26)/b22-11+. The van der Waals surface area contributed by atoms with Gasteiger partial charge in [-0.2, -0.15) is 5.10 Å². The molecule has 0 spiro atoms. The van der Waals surface area contributed by atoms with Gasteiger partial charge in [-0.05, 0) is 60.1 Å². The SMILES string of the molecule is CCN(CC)c1ccc(/C=N/NC(=O)COc2ccc(Br)cc2Br)c(O)c1. The molecule has 0 aliphatic heterocycles. The highest BCUT2D eigenvalue weighted by molar-refractivity contribution is 9.11. The van der Waals surface area contributed by atoms with Crippen LogP contribution >= 0.6 is 31.9 Å². The number of halogens is 2. The maximum absolute atomic E-state index is 11.8. The van der Waals surface area contributed by atoms with Crippen molar-refractivity contribution in [2.24, 2.45) is 5.10 Å². The van der Waals surface area contributed by atoms with E-state index in [1.165, 1.54) is 6.21 Å². The molecule has 2 aromatic rings. The lowest BCUT2D eigenvalue weighted by molar-refractivity contribution is -0.123. The van der Waals surface area contributed by atoms with E-state index in [0.29, 0.717) is 11.3 Å². The van der Waals surface area contributed by atoms with Crippen LogP contribution in [0.4, 0.5) is 5.69 Å². The average Bonchev–Trinajstić information content (AvgIpc) is 2.63. The summed E-state index contributed by atoms with van der Waals surface area (Å²) < 4.78 is 7.09. The first kappa shape index (κ1) is 21.2. The molecule has 0 fully saturated rings. The van der Waals surface area contributed by atoms with Crippen LogP contribution in [-0.4, -0.2) is 36.9 Å². The van der Waals surface area contributed by atoms with Crippen molar-refractivity contribution in [3.05, 3.63) is 50.9 Å². The van der Waals surface area contributed by atoms with Gasteiger partial charge in [0.05, 0.1) is 10.7 Å². The van der Waals surface area contributed by atoms with Crippen LogP contribution in [0.2, 0.25) is 0 Å². The number of phenols is 1. The largest absolute Gasteiger partial charge is 0.507 e. The van der Waals surface area contributed by atoms with Gasteiger partial charge in [0, 0.05) is 34.9 Å². The Kier molecular flexibility index (Phi) is 8.12. The van der Waals surface area contributed by atoms with Crippen LogP contribution in [-0.2, 0) is 4.79 Å². The molecule has 1 amide bonds. The first-order valence-electron chi connectivity index (χ1n) is 8.42. The number of aromatic hydroxyl groups is 1. The first-order chi connectivity index (χ1) is 12.9. The van der Waals surface area contributed by atoms with E-state index in [4.69, 9.17) is 4.74 Å². The summed E-state index contributed by atoms with van der Waals surface area (Å²) in [5, 5.41) is 14.0. The van der Waals surface area contributed by atoms with Gasteiger partial charge in [-0.1, -0.05) is 15.9 Å². The summed E-state index contributed by atoms with van der Waals surface area (Å²) >= 11 is 6.72. The number of carbonyl (C=O) groups is 1. The predicted octanol–water partition coefficient (Wildman–Crippen LogP) is 4.29. The van der Waals surface area contributed by atoms with Gasteiger partial charge < -0.3 is 14.7 Å². The number of amides is 1. The van der Waals surface area contributed by atoms with E-state index in [2.05, 4.69) is 61.1 Å². The zero-order valence-electron chi connectivity index (χ0n) is 15.1. The molecule has 0 heterocycles. The van der Waals surface area contributed by atoms with Crippen molar-refractivity contribution in [1.29, 1.82) is 0 Å². The normalized spacial score (nSPS) is 10.8. The van der Waals surface area contributed by atoms with Crippen molar-refractivity contribution < 1.29 is 14.6 Å². The summed E-state index contributed by atoms with van der Waals surface area (Å²) in [6, 6.07) is 10.7. The number of anilines is 1. The van der Waals surface area contributed by atoms with Gasteiger partial charge >= 0.3 is 0 Å². The Hall–Kier alpha value is -2.06.